The monoisotopic (exact) mass is 214 g/mol. The standard InChI is InChI=1S/C8H6FNO3S/c9-5-1-2-7-6(3-5)10-8(13-7)4-14(11)12/h1-3H,4H2,(H,11,12)/p-1. The minimum atomic E-state index is -2.25. The highest BCUT2D eigenvalue weighted by Crippen LogP contribution is 2.17. The molecular formula is C8H5FNO3S-. The fraction of sp³-hybridized carbons (Fsp3) is 0.125. The summed E-state index contributed by atoms with van der Waals surface area (Å²) < 4.78 is 38.4. The predicted molar refractivity (Wildman–Crippen MR) is 46.6 cm³/mol. The van der Waals surface area contributed by atoms with E-state index in [9.17, 15) is 13.2 Å². The Labute approximate surface area is 81.0 Å². The molecule has 1 heterocycles. The van der Waals surface area contributed by atoms with Crippen LogP contribution in [-0.4, -0.2) is 13.7 Å². The van der Waals surface area contributed by atoms with Crippen molar-refractivity contribution >= 4 is 22.2 Å². The number of rotatable bonds is 2. The van der Waals surface area contributed by atoms with Gasteiger partial charge in [-0.25, -0.2) is 9.37 Å². The molecule has 6 heteroatoms. The fourth-order valence-electron chi connectivity index (χ4n) is 1.11. The number of benzene rings is 1. The van der Waals surface area contributed by atoms with E-state index in [0.29, 0.717) is 11.1 Å². The summed E-state index contributed by atoms with van der Waals surface area (Å²) in [7, 11) is 0. The number of nitrogens with zero attached hydrogens (tertiary/aromatic N) is 1. The number of oxazole rings is 1. The summed E-state index contributed by atoms with van der Waals surface area (Å²) in [6.45, 7) is 0. The first-order valence-corrected chi connectivity index (χ1v) is 5.00. The summed E-state index contributed by atoms with van der Waals surface area (Å²) in [5, 5.41) is 0. The van der Waals surface area contributed by atoms with Crippen LogP contribution >= 0.6 is 0 Å². The molecule has 0 aliphatic heterocycles. The van der Waals surface area contributed by atoms with Crippen molar-refractivity contribution < 1.29 is 17.6 Å². The van der Waals surface area contributed by atoms with Gasteiger partial charge in [-0.05, 0) is 23.2 Å². The molecule has 0 N–H and O–H groups in total. The van der Waals surface area contributed by atoms with E-state index in [0.717, 1.165) is 0 Å². The van der Waals surface area contributed by atoms with E-state index < -0.39 is 16.9 Å². The zero-order valence-corrected chi connectivity index (χ0v) is 7.71. The first-order chi connectivity index (χ1) is 6.65. The Morgan fingerprint density at radius 1 is 1.57 bits per heavy atom. The number of aromatic nitrogens is 1. The van der Waals surface area contributed by atoms with Crippen LogP contribution in [0.1, 0.15) is 5.89 Å². The second-order valence-corrected chi connectivity index (χ2v) is 3.56. The van der Waals surface area contributed by atoms with Gasteiger partial charge in [0, 0.05) is 6.07 Å². The Hall–Kier alpha value is -1.27. The van der Waals surface area contributed by atoms with Gasteiger partial charge in [-0.3, -0.25) is 4.21 Å². The zero-order valence-electron chi connectivity index (χ0n) is 6.90. The first kappa shape index (κ1) is 9.29. The third-order valence-corrected chi connectivity index (χ3v) is 2.12. The summed E-state index contributed by atoms with van der Waals surface area (Å²) >= 11 is -2.25. The summed E-state index contributed by atoms with van der Waals surface area (Å²) in [5.74, 6) is -0.657. The molecule has 0 amide bonds. The van der Waals surface area contributed by atoms with E-state index in [1.54, 1.807) is 0 Å². The molecule has 0 aliphatic carbocycles. The van der Waals surface area contributed by atoms with Gasteiger partial charge in [-0.1, -0.05) is 0 Å². The molecule has 0 spiro atoms. The van der Waals surface area contributed by atoms with Crippen LogP contribution in [0, 0.1) is 5.82 Å². The largest absolute Gasteiger partial charge is 0.772 e. The Morgan fingerprint density at radius 3 is 3.07 bits per heavy atom. The van der Waals surface area contributed by atoms with Gasteiger partial charge in [0.15, 0.2) is 5.58 Å². The van der Waals surface area contributed by atoms with E-state index in [1.165, 1.54) is 18.2 Å². The second kappa shape index (κ2) is 3.47. The van der Waals surface area contributed by atoms with Crippen molar-refractivity contribution in [3.05, 3.63) is 29.9 Å². The zero-order chi connectivity index (χ0) is 10.1. The smallest absolute Gasteiger partial charge is 0.206 e. The van der Waals surface area contributed by atoms with Gasteiger partial charge in [-0.15, -0.1) is 0 Å². The van der Waals surface area contributed by atoms with Crippen molar-refractivity contribution in [1.29, 1.82) is 0 Å². The van der Waals surface area contributed by atoms with Crippen molar-refractivity contribution in [2.24, 2.45) is 0 Å². The average Bonchev–Trinajstić information content (AvgIpc) is 2.44. The lowest BCUT2D eigenvalue weighted by atomic mass is 10.3. The van der Waals surface area contributed by atoms with E-state index in [1.807, 2.05) is 0 Å². The highest BCUT2D eigenvalue weighted by atomic mass is 32.2. The van der Waals surface area contributed by atoms with E-state index in [4.69, 9.17) is 4.42 Å². The van der Waals surface area contributed by atoms with E-state index in [2.05, 4.69) is 4.98 Å². The summed E-state index contributed by atoms with van der Waals surface area (Å²) in [6.07, 6.45) is 0. The molecule has 1 aromatic heterocycles. The lowest BCUT2D eigenvalue weighted by Gasteiger charge is -1.98. The summed E-state index contributed by atoms with van der Waals surface area (Å²) in [5.41, 5.74) is 0.706. The molecule has 0 fully saturated rings. The van der Waals surface area contributed by atoms with Crippen LogP contribution in [0.5, 0.6) is 0 Å². The summed E-state index contributed by atoms with van der Waals surface area (Å²) in [6, 6.07) is 3.83. The van der Waals surface area contributed by atoms with Gasteiger partial charge in [0.2, 0.25) is 5.89 Å². The first-order valence-electron chi connectivity index (χ1n) is 3.76. The molecule has 0 saturated heterocycles. The highest BCUT2D eigenvalue weighted by Gasteiger charge is 2.05. The third kappa shape index (κ3) is 1.80. The maximum absolute atomic E-state index is 12.7. The maximum atomic E-state index is 12.7. The Bertz CT molecular complexity index is 496. The van der Waals surface area contributed by atoms with Crippen molar-refractivity contribution in [2.45, 2.75) is 5.75 Å². The molecule has 0 radical (unpaired) electrons. The minimum Gasteiger partial charge on any atom is -0.772 e. The third-order valence-electron chi connectivity index (χ3n) is 1.64. The molecule has 14 heavy (non-hydrogen) atoms. The molecule has 1 unspecified atom stereocenters. The van der Waals surface area contributed by atoms with Crippen LogP contribution < -0.4 is 0 Å². The Morgan fingerprint density at radius 2 is 2.36 bits per heavy atom. The maximum Gasteiger partial charge on any atom is 0.206 e. The highest BCUT2D eigenvalue weighted by molar-refractivity contribution is 7.78. The molecule has 1 atom stereocenters. The van der Waals surface area contributed by atoms with Crippen LogP contribution in [0.2, 0.25) is 0 Å². The van der Waals surface area contributed by atoms with Gasteiger partial charge >= 0.3 is 0 Å². The number of hydrogen-bond donors (Lipinski definition) is 0. The van der Waals surface area contributed by atoms with E-state index >= 15 is 0 Å². The van der Waals surface area contributed by atoms with Crippen LogP contribution in [0.25, 0.3) is 11.1 Å². The SMILES string of the molecule is O=S([O-])Cc1nc2cc(F)ccc2o1. The van der Waals surface area contributed by atoms with Crippen molar-refractivity contribution in [3.63, 3.8) is 0 Å². The van der Waals surface area contributed by atoms with E-state index in [-0.39, 0.29) is 11.6 Å². The van der Waals surface area contributed by atoms with Gasteiger partial charge in [0.25, 0.3) is 0 Å². The molecule has 1 aromatic carbocycles. The Kier molecular flexibility index (Phi) is 2.30. The van der Waals surface area contributed by atoms with Gasteiger partial charge < -0.3 is 8.97 Å². The lowest BCUT2D eigenvalue weighted by Crippen LogP contribution is -1.92. The van der Waals surface area contributed by atoms with Crippen LogP contribution in [0.15, 0.2) is 22.6 Å². The van der Waals surface area contributed by atoms with Crippen molar-refractivity contribution in [3.8, 4) is 0 Å². The van der Waals surface area contributed by atoms with Crippen LogP contribution in [0.4, 0.5) is 4.39 Å². The Balaban J connectivity index is 2.46. The molecule has 74 valence electrons. The topological polar surface area (TPSA) is 66.2 Å². The molecule has 2 rings (SSSR count). The van der Waals surface area contributed by atoms with Crippen molar-refractivity contribution in [1.82, 2.24) is 4.98 Å². The number of halogens is 1. The molecule has 0 bridgehead atoms. The van der Waals surface area contributed by atoms with Crippen molar-refractivity contribution in [2.75, 3.05) is 0 Å². The van der Waals surface area contributed by atoms with Gasteiger partial charge in [-0.2, -0.15) is 0 Å². The summed E-state index contributed by atoms with van der Waals surface area (Å²) in [4.78, 5) is 3.81. The number of hydrogen-bond acceptors (Lipinski definition) is 4. The molecule has 4 nitrogen and oxygen atoms in total. The number of fused-ring (bicyclic) bond motifs is 1. The molecule has 0 aliphatic rings. The van der Waals surface area contributed by atoms with Crippen LogP contribution in [-0.2, 0) is 16.8 Å². The van der Waals surface area contributed by atoms with Gasteiger partial charge in [0.05, 0.1) is 5.75 Å². The van der Waals surface area contributed by atoms with Gasteiger partial charge in [0.1, 0.15) is 11.3 Å². The van der Waals surface area contributed by atoms with Crippen LogP contribution in [0.3, 0.4) is 0 Å². The predicted octanol–water partition coefficient (Wildman–Crippen LogP) is 1.35. The lowest BCUT2D eigenvalue weighted by molar-refractivity contribution is 0.513. The minimum absolute atomic E-state index is 0.0685. The molecular weight excluding hydrogens is 209 g/mol. The normalized spacial score (nSPS) is 13.3. The molecule has 2 aromatic rings. The quantitative estimate of drug-likeness (QED) is 0.707. The molecule has 0 saturated carbocycles. The second-order valence-electron chi connectivity index (χ2n) is 2.67. The fourth-order valence-corrected chi connectivity index (χ4v) is 1.44. The average molecular weight is 214 g/mol.